The van der Waals surface area contributed by atoms with Crippen molar-refractivity contribution < 1.29 is 19.0 Å². The average molecular weight is 483 g/mol. The van der Waals surface area contributed by atoms with Crippen LogP contribution in [-0.4, -0.2) is 72.7 Å². The molecule has 1 amide bonds. The summed E-state index contributed by atoms with van der Waals surface area (Å²) in [5, 5.41) is 9.78. The molecule has 2 aromatic carbocycles. The van der Waals surface area contributed by atoms with Crippen LogP contribution >= 0.6 is 11.8 Å². The highest BCUT2D eigenvalue weighted by Gasteiger charge is 2.21. The number of nitrogens with zero attached hydrogens (tertiary/aromatic N) is 4. The Morgan fingerprint density at radius 3 is 2.59 bits per heavy atom. The number of ether oxygens (including phenoxy) is 3. The van der Waals surface area contributed by atoms with Crippen LogP contribution in [0.15, 0.2) is 53.7 Å². The van der Waals surface area contributed by atoms with Gasteiger partial charge in [-0.15, -0.1) is 10.2 Å². The summed E-state index contributed by atoms with van der Waals surface area (Å²) in [6, 6.07) is 15.7. The van der Waals surface area contributed by atoms with E-state index in [-0.39, 0.29) is 11.9 Å². The maximum absolute atomic E-state index is 12.7. The predicted molar refractivity (Wildman–Crippen MR) is 131 cm³/mol. The second-order valence-electron chi connectivity index (χ2n) is 8.10. The monoisotopic (exact) mass is 482 g/mol. The highest BCUT2D eigenvalue weighted by atomic mass is 32.2. The van der Waals surface area contributed by atoms with Gasteiger partial charge in [0.05, 0.1) is 33.0 Å². The number of amides is 1. The third-order valence-electron chi connectivity index (χ3n) is 5.71. The van der Waals surface area contributed by atoms with Crippen LogP contribution in [-0.2, 0) is 15.2 Å². The van der Waals surface area contributed by atoms with E-state index in [1.165, 1.54) is 0 Å². The van der Waals surface area contributed by atoms with E-state index >= 15 is 0 Å². The highest BCUT2D eigenvalue weighted by molar-refractivity contribution is 7.98. The van der Waals surface area contributed by atoms with Gasteiger partial charge in [-0.05, 0) is 36.8 Å². The first-order chi connectivity index (χ1) is 16.6. The number of carbonyl (C=O) groups excluding carboxylic acids is 1. The Labute approximate surface area is 204 Å². The molecule has 1 saturated heterocycles. The van der Waals surface area contributed by atoms with Gasteiger partial charge in [0.15, 0.2) is 11.0 Å². The summed E-state index contributed by atoms with van der Waals surface area (Å²) in [7, 11) is 3.34. The van der Waals surface area contributed by atoms with Crippen molar-refractivity contribution in [2.75, 3.05) is 47.1 Å². The van der Waals surface area contributed by atoms with Crippen LogP contribution in [0.4, 0.5) is 0 Å². The van der Waals surface area contributed by atoms with E-state index in [9.17, 15) is 4.79 Å². The number of thioether (sulfide) groups is 1. The maximum Gasteiger partial charge on any atom is 0.254 e. The summed E-state index contributed by atoms with van der Waals surface area (Å²) in [6.07, 6.45) is 0. The van der Waals surface area contributed by atoms with Crippen molar-refractivity contribution in [1.82, 2.24) is 19.7 Å². The van der Waals surface area contributed by atoms with Gasteiger partial charge >= 0.3 is 0 Å². The number of morpholine rings is 1. The molecule has 1 aliphatic heterocycles. The minimum Gasteiger partial charge on any atom is -0.497 e. The van der Waals surface area contributed by atoms with Crippen LogP contribution in [0, 0.1) is 0 Å². The van der Waals surface area contributed by atoms with Crippen molar-refractivity contribution in [1.29, 1.82) is 0 Å². The molecule has 4 rings (SSSR count). The largest absolute Gasteiger partial charge is 0.497 e. The lowest BCUT2D eigenvalue weighted by molar-refractivity contribution is 0.0303. The Balaban J connectivity index is 1.50. The number of rotatable bonds is 9. The summed E-state index contributed by atoms with van der Waals surface area (Å²) in [5.74, 6) is 2.31. The molecule has 180 valence electrons. The number of aromatic nitrogens is 3. The lowest BCUT2D eigenvalue weighted by atomic mass is 10.1. The highest BCUT2D eigenvalue weighted by Crippen LogP contribution is 2.31. The molecule has 0 saturated carbocycles. The van der Waals surface area contributed by atoms with Crippen LogP contribution in [0.25, 0.3) is 11.4 Å². The van der Waals surface area contributed by atoms with E-state index in [1.807, 2.05) is 53.4 Å². The van der Waals surface area contributed by atoms with Gasteiger partial charge in [0.25, 0.3) is 5.91 Å². The predicted octanol–water partition coefficient (Wildman–Crippen LogP) is 3.93. The minimum absolute atomic E-state index is 0.0530. The molecular weight excluding hydrogens is 452 g/mol. The number of hydrogen-bond donors (Lipinski definition) is 0. The van der Waals surface area contributed by atoms with Crippen LogP contribution in [0.2, 0.25) is 0 Å². The summed E-state index contributed by atoms with van der Waals surface area (Å²) in [5.41, 5.74) is 2.75. The Kier molecular flexibility index (Phi) is 8.21. The fourth-order valence-electron chi connectivity index (χ4n) is 3.89. The Bertz CT molecular complexity index is 1100. The van der Waals surface area contributed by atoms with Crippen molar-refractivity contribution >= 4 is 17.7 Å². The molecule has 1 atom stereocenters. The lowest BCUT2D eigenvalue weighted by Crippen LogP contribution is -2.40. The average Bonchev–Trinajstić information content (AvgIpc) is 3.32. The molecule has 0 unspecified atom stereocenters. The Morgan fingerprint density at radius 2 is 1.88 bits per heavy atom. The Hall–Kier alpha value is -2.88. The fourth-order valence-corrected chi connectivity index (χ4v) is 4.88. The zero-order chi connectivity index (χ0) is 23.9. The van der Waals surface area contributed by atoms with E-state index in [4.69, 9.17) is 14.2 Å². The molecule has 0 radical (unpaired) electrons. The minimum atomic E-state index is 0.0530. The molecular formula is C25H30N4O4S. The van der Waals surface area contributed by atoms with Crippen LogP contribution in [0.3, 0.4) is 0 Å². The SMILES string of the molecule is COC[C@H](C)n1c(SCc2ccc(C(=O)N3CCOCC3)cc2)nnc1-c1cccc(OC)c1. The lowest BCUT2D eigenvalue weighted by Gasteiger charge is -2.26. The maximum atomic E-state index is 12.7. The summed E-state index contributed by atoms with van der Waals surface area (Å²) in [4.78, 5) is 14.5. The summed E-state index contributed by atoms with van der Waals surface area (Å²) >= 11 is 1.61. The normalized spacial score (nSPS) is 14.7. The molecule has 8 nitrogen and oxygen atoms in total. The van der Waals surface area contributed by atoms with Crippen LogP contribution in [0.5, 0.6) is 5.75 Å². The van der Waals surface area contributed by atoms with Gasteiger partial charge in [-0.25, -0.2) is 0 Å². The molecule has 2 heterocycles. The third-order valence-corrected chi connectivity index (χ3v) is 6.72. The van der Waals surface area contributed by atoms with Crippen LogP contribution < -0.4 is 4.74 Å². The second-order valence-corrected chi connectivity index (χ2v) is 9.05. The molecule has 34 heavy (non-hydrogen) atoms. The summed E-state index contributed by atoms with van der Waals surface area (Å²) in [6.45, 7) is 5.11. The Morgan fingerprint density at radius 1 is 1.12 bits per heavy atom. The number of methoxy groups -OCH3 is 2. The van der Waals surface area contributed by atoms with Gasteiger partial charge in [0.2, 0.25) is 0 Å². The molecule has 1 aromatic heterocycles. The quantitative estimate of drug-likeness (QED) is 0.428. The van der Waals surface area contributed by atoms with Gasteiger partial charge in [0, 0.05) is 37.1 Å². The zero-order valence-corrected chi connectivity index (χ0v) is 20.6. The number of carbonyl (C=O) groups is 1. The van der Waals surface area contributed by atoms with Gasteiger partial charge in [-0.2, -0.15) is 0 Å². The molecule has 3 aromatic rings. The van der Waals surface area contributed by atoms with Crippen molar-refractivity contribution in [3.05, 3.63) is 59.7 Å². The van der Waals surface area contributed by atoms with Gasteiger partial charge in [-0.1, -0.05) is 36.0 Å². The third kappa shape index (κ3) is 5.60. The molecule has 0 spiro atoms. The van der Waals surface area contributed by atoms with Crippen LogP contribution in [0.1, 0.15) is 28.9 Å². The topological polar surface area (TPSA) is 78.7 Å². The number of hydrogen-bond acceptors (Lipinski definition) is 7. The van der Waals surface area contributed by atoms with E-state index in [1.54, 1.807) is 26.0 Å². The van der Waals surface area contributed by atoms with Crippen molar-refractivity contribution in [3.8, 4) is 17.1 Å². The molecule has 0 bridgehead atoms. The second kappa shape index (κ2) is 11.5. The number of benzene rings is 2. The van der Waals surface area contributed by atoms with Crippen molar-refractivity contribution in [2.24, 2.45) is 0 Å². The molecule has 0 aliphatic carbocycles. The van der Waals surface area contributed by atoms with Crippen molar-refractivity contribution in [3.63, 3.8) is 0 Å². The fraction of sp³-hybridized carbons (Fsp3) is 0.400. The first-order valence-corrected chi connectivity index (χ1v) is 12.3. The van der Waals surface area contributed by atoms with E-state index in [0.29, 0.717) is 44.2 Å². The molecule has 9 heteroatoms. The van der Waals surface area contributed by atoms with Gasteiger partial charge < -0.3 is 19.1 Å². The first kappa shape index (κ1) is 24.3. The smallest absolute Gasteiger partial charge is 0.254 e. The van der Waals surface area contributed by atoms with E-state index in [2.05, 4.69) is 21.7 Å². The summed E-state index contributed by atoms with van der Waals surface area (Å²) < 4.78 is 18.2. The van der Waals surface area contributed by atoms with E-state index in [0.717, 1.165) is 27.9 Å². The van der Waals surface area contributed by atoms with Gasteiger partial charge in [-0.3, -0.25) is 9.36 Å². The van der Waals surface area contributed by atoms with Crippen molar-refractivity contribution in [2.45, 2.75) is 23.9 Å². The van der Waals surface area contributed by atoms with Gasteiger partial charge in [0.1, 0.15) is 5.75 Å². The first-order valence-electron chi connectivity index (χ1n) is 11.3. The standard InChI is InChI=1S/C25H30N4O4S/c1-18(16-31-2)29-23(21-5-4-6-22(15-21)32-3)26-27-25(29)34-17-19-7-9-20(10-8-19)24(30)28-11-13-33-14-12-28/h4-10,15,18H,11-14,16-17H2,1-3H3/t18-/m0/s1. The molecule has 1 fully saturated rings. The van der Waals surface area contributed by atoms with E-state index < -0.39 is 0 Å². The molecule has 0 N–H and O–H groups in total. The molecule has 1 aliphatic rings. The zero-order valence-electron chi connectivity index (χ0n) is 19.8.